The molecule has 0 unspecified atom stereocenters. The fraction of sp³-hybridized carbons (Fsp3) is 0.643. The van der Waals surface area contributed by atoms with Crippen molar-refractivity contribution in [2.24, 2.45) is 11.1 Å². The molecule has 1 saturated carbocycles. The number of aliphatic hydroxyl groups excluding tert-OH is 2. The first-order chi connectivity index (χ1) is 11.8. The smallest absolute Gasteiger partial charge is 0.333 e. The van der Waals surface area contributed by atoms with E-state index in [0.717, 1.165) is 18.5 Å². The first kappa shape index (κ1) is 18.1. The van der Waals surface area contributed by atoms with E-state index in [1.54, 1.807) is 10.9 Å². The van der Waals surface area contributed by atoms with Crippen molar-refractivity contribution < 1.29 is 22.8 Å². The summed E-state index contributed by atoms with van der Waals surface area (Å²) >= 11 is 0. The van der Waals surface area contributed by atoms with E-state index >= 15 is 0 Å². The highest BCUT2D eigenvalue weighted by Crippen LogP contribution is 2.37. The zero-order chi connectivity index (χ0) is 18.2. The molecule has 10 nitrogen and oxygen atoms in total. The van der Waals surface area contributed by atoms with Crippen molar-refractivity contribution in [2.45, 2.75) is 44.4 Å². The maximum atomic E-state index is 10.9. The summed E-state index contributed by atoms with van der Waals surface area (Å²) in [5.74, 6) is -0.576. The van der Waals surface area contributed by atoms with Crippen LogP contribution in [-0.2, 0) is 20.9 Å². The van der Waals surface area contributed by atoms with Crippen molar-refractivity contribution >= 4 is 21.5 Å². The van der Waals surface area contributed by atoms with Gasteiger partial charge in [-0.2, -0.15) is 8.42 Å². The molecule has 2 heterocycles. The lowest BCUT2D eigenvalue weighted by atomic mass is 10.1. The average Bonchev–Trinajstić information content (AvgIpc) is 3.09. The van der Waals surface area contributed by atoms with Gasteiger partial charge in [0.05, 0.1) is 30.8 Å². The van der Waals surface area contributed by atoms with Gasteiger partial charge in [0.25, 0.3) is 0 Å². The maximum Gasteiger partial charge on any atom is 0.333 e. The molecule has 0 radical (unpaired) electrons. The fourth-order valence-corrected chi connectivity index (χ4v) is 3.65. The van der Waals surface area contributed by atoms with Gasteiger partial charge >= 0.3 is 10.3 Å². The fourth-order valence-electron chi connectivity index (χ4n) is 3.29. The summed E-state index contributed by atoms with van der Waals surface area (Å²) in [6.07, 6.45) is 2.74. The highest BCUT2D eigenvalue weighted by atomic mass is 32.2. The molecule has 0 bridgehead atoms. The number of imidazole rings is 1. The van der Waals surface area contributed by atoms with Gasteiger partial charge in [0, 0.05) is 5.92 Å². The van der Waals surface area contributed by atoms with E-state index in [4.69, 9.17) is 5.14 Å². The topological polar surface area (TPSA) is 153 Å². The Bertz CT molecular complexity index is 854. The minimum absolute atomic E-state index is 0.295. The summed E-state index contributed by atoms with van der Waals surface area (Å²) < 4.78 is 28.1. The zero-order valence-electron chi connectivity index (χ0n) is 13.7. The Morgan fingerprint density at radius 2 is 2.08 bits per heavy atom. The summed E-state index contributed by atoms with van der Waals surface area (Å²) in [5.41, 5.74) is 2.06. The quantitative estimate of drug-likeness (QED) is 0.601. The normalized spacial score (nSPS) is 27.2. The number of hydrogen-bond donors (Lipinski definition) is 3. The minimum Gasteiger partial charge on any atom is -0.390 e. The number of nitrogens with two attached hydrogens (primary N) is 1. The second kappa shape index (κ2) is 6.92. The molecule has 0 aliphatic heterocycles. The largest absolute Gasteiger partial charge is 0.390 e. The number of nitrogens with zero attached hydrogens (tertiary/aromatic N) is 4. The Morgan fingerprint density at radius 3 is 2.76 bits per heavy atom. The van der Waals surface area contributed by atoms with Crippen molar-refractivity contribution in [1.82, 2.24) is 19.5 Å². The first-order valence-electron chi connectivity index (χ1n) is 8.01. The number of hydrogen-bond acceptors (Lipinski definition) is 8. The number of fused-ring (bicyclic) bond motifs is 1. The molecule has 138 valence electrons. The minimum atomic E-state index is -4.10. The van der Waals surface area contributed by atoms with Gasteiger partial charge < -0.3 is 14.8 Å². The molecule has 3 rings (SSSR count). The number of aromatic nitrogens is 4. The molecule has 25 heavy (non-hydrogen) atoms. The number of aliphatic hydroxyl groups is 2. The van der Waals surface area contributed by atoms with Gasteiger partial charge in [-0.1, -0.05) is 13.3 Å². The monoisotopic (exact) mass is 371 g/mol. The van der Waals surface area contributed by atoms with Gasteiger partial charge in [0.1, 0.15) is 17.9 Å². The van der Waals surface area contributed by atoms with Crippen LogP contribution in [0.4, 0.5) is 0 Å². The van der Waals surface area contributed by atoms with Crippen LogP contribution >= 0.6 is 0 Å². The van der Waals surface area contributed by atoms with Crippen molar-refractivity contribution in [2.75, 3.05) is 6.61 Å². The summed E-state index contributed by atoms with van der Waals surface area (Å²) in [6.45, 7) is 1.74. The van der Waals surface area contributed by atoms with Crippen LogP contribution in [0.2, 0.25) is 0 Å². The SMILES string of the molecule is CCCc1ncnc2c1ncn2[C@@H]1C[C@H](COS(N)(=O)=O)[C@@H](O)[C@H]1O. The second-order valence-electron chi connectivity index (χ2n) is 6.22. The van der Waals surface area contributed by atoms with Crippen LogP contribution in [0.5, 0.6) is 0 Å². The van der Waals surface area contributed by atoms with E-state index in [9.17, 15) is 18.6 Å². The van der Waals surface area contributed by atoms with Crippen LogP contribution in [0.1, 0.15) is 31.5 Å². The molecule has 2 aromatic heterocycles. The summed E-state index contributed by atoms with van der Waals surface area (Å²) in [5, 5.41) is 25.4. The predicted octanol–water partition coefficient (Wildman–Crippen LogP) is -0.718. The molecular formula is C14H21N5O5S. The molecule has 0 amide bonds. The Balaban J connectivity index is 1.87. The average molecular weight is 371 g/mol. The second-order valence-corrected chi connectivity index (χ2v) is 7.44. The maximum absolute atomic E-state index is 10.9. The summed E-state index contributed by atoms with van der Waals surface area (Å²) in [4.78, 5) is 12.8. The van der Waals surface area contributed by atoms with Crippen molar-refractivity contribution in [3.8, 4) is 0 Å². The molecule has 11 heteroatoms. The van der Waals surface area contributed by atoms with Crippen LogP contribution < -0.4 is 5.14 Å². The van der Waals surface area contributed by atoms with Gasteiger partial charge in [-0.05, 0) is 12.8 Å². The van der Waals surface area contributed by atoms with Crippen LogP contribution in [0.15, 0.2) is 12.7 Å². The van der Waals surface area contributed by atoms with Crippen LogP contribution in [0.25, 0.3) is 11.2 Å². The highest BCUT2D eigenvalue weighted by molar-refractivity contribution is 7.84. The molecule has 1 aliphatic rings. The van der Waals surface area contributed by atoms with Crippen molar-refractivity contribution in [3.05, 3.63) is 18.3 Å². The predicted molar refractivity (Wildman–Crippen MR) is 87.5 cm³/mol. The van der Waals surface area contributed by atoms with Gasteiger partial charge in [0.15, 0.2) is 5.65 Å². The third-order valence-corrected chi connectivity index (χ3v) is 4.96. The van der Waals surface area contributed by atoms with E-state index in [1.807, 2.05) is 6.92 Å². The van der Waals surface area contributed by atoms with E-state index in [2.05, 4.69) is 19.1 Å². The Labute approximate surface area is 144 Å². The molecule has 4 atom stereocenters. The van der Waals surface area contributed by atoms with Crippen LogP contribution in [0, 0.1) is 5.92 Å². The number of rotatable bonds is 6. The Hall–Kier alpha value is -1.66. The lowest BCUT2D eigenvalue weighted by Gasteiger charge is -2.18. The first-order valence-corrected chi connectivity index (χ1v) is 9.48. The molecule has 0 aromatic carbocycles. The molecule has 1 fully saturated rings. The van der Waals surface area contributed by atoms with E-state index < -0.39 is 34.5 Å². The lowest BCUT2D eigenvalue weighted by Crippen LogP contribution is -2.31. The van der Waals surface area contributed by atoms with Gasteiger partial charge in [-0.3, -0.25) is 4.18 Å². The van der Waals surface area contributed by atoms with Gasteiger partial charge in [0.2, 0.25) is 0 Å². The molecule has 0 saturated heterocycles. The third kappa shape index (κ3) is 3.65. The highest BCUT2D eigenvalue weighted by Gasteiger charge is 2.43. The molecular weight excluding hydrogens is 350 g/mol. The zero-order valence-corrected chi connectivity index (χ0v) is 14.5. The van der Waals surface area contributed by atoms with Crippen molar-refractivity contribution in [3.63, 3.8) is 0 Å². The summed E-state index contributed by atoms with van der Waals surface area (Å²) in [6, 6.07) is -0.501. The molecule has 2 aromatic rings. The summed E-state index contributed by atoms with van der Waals surface area (Å²) in [7, 11) is -4.10. The standard InChI is InChI=1S/C14H21N5O5S/c1-2-3-9-11-14(17-6-16-9)19(7-18-11)10-4-8(12(20)13(10)21)5-24-25(15,22)23/h6-8,10,12-13,20-21H,2-5H2,1H3,(H2,15,22,23)/t8-,10-,12-,13+/m1/s1. The molecule has 4 N–H and O–H groups in total. The van der Waals surface area contributed by atoms with Gasteiger partial charge in [-0.15, -0.1) is 0 Å². The van der Waals surface area contributed by atoms with E-state index in [-0.39, 0.29) is 6.61 Å². The van der Waals surface area contributed by atoms with E-state index in [0.29, 0.717) is 17.6 Å². The van der Waals surface area contributed by atoms with E-state index in [1.165, 1.54) is 6.33 Å². The Morgan fingerprint density at radius 1 is 1.32 bits per heavy atom. The number of aryl methyl sites for hydroxylation is 1. The molecule has 1 aliphatic carbocycles. The van der Waals surface area contributed by atoms with Gasteiger partial charge in [-0.25, -0.2) is 20.1 Å². The third-order valence-electron chi connectivity index (χ3n) is 4.50. The van der Waals surface area contributed by atoms with Crippen LogP contribution in [0.3, 0.4) is 0 Å². The van der Waals surface area contributed by atoms with Crippen LogP contribution in [-0.4, -0.2) is 57.0 Å². The lowest BCUT2D eigenvalue weighted by molar-refractivity contribution is -0.000990. The molecule has 0 spiro atoms. The van der Waals surface area contributed by atoms with Crippen molar-refractivity contribution in [1.29, 1.82) is 0 Å². The Kier molecular flexibility index (Phi) is 5.02.